The van der Waals surface area contributed by atoms with Gasteiger partial charge in [0, 0.05) is 36.6 Å². The number of rotatable bonds is 4. The van der Waals surface area contributed by atoms with Crippen molar-refractivity contribution in [1.82, 2.24) is 25.1 Å². The second-order valence-electron chi connectivity index (χ2n) is 6.98. The molecule has 0 fully saturated rings. The van der Waals surface area contributed by atoms with E-state index in [-0.39, 0.29) is 17.4 Å². The zero-order valence-electron chi connectivity index (χ0n) is 13.8. The van der Waals surface area contributed by atoms with Crippen molar-refractivity contribution in [2.75, 3.05) is 6.61 Å². The number of H-pyrrole nitrogens is 1. The van der Waals surface area contributed by atoms with Crippen molar-refractivity contribution in [3.63, 3.8) is 0 Å². The molecule has 1 aliphatic rings. The monoisotopic (exact) mass is 317 g/mol. The zero-order chi connectivity index (χ0) is 16.4. The molecule has 2 N–H and O–H groups in total. The molecule has 23 heavy (non-hydrogen) atoms. The Bertz CT molecular complexity index is 669. The van der Waals surface area contributed by atoms with E-state index >= 15 is 0 Å². The topological polar surface area (TPSA) is 84.8 Å². The number of fused-ring (bicyclic) bond motifs is 1. The number of imidazole rings is 1. The van der Waals surface area contributed by atoms with Crippen LogP contribution in [0.4, 0.5) is 0 Å². The third-order valence-electron chi connectivity index (χ3n) is 4.21. The van der Waals surface area contributed by atoms with Gasteiger partial charge in [-0.05, 0) is 5.41 Å². The maximum absolute atomic E-state index is 12.7. The van der Waals surface area contributed by atoms with Gasteiger partial charge in [-0.2, -0.15) is 5.10 Å². The van der Waals surface area contributed by atoms with Crippen molar-refractivity contribution in [3.05, 3.63) is 35.7 Å². The fraction of sp³-hybridized carbons (Fsp3) is 0.562. The third kappa shape index (κ3) is 3.44. The van der Waals surface area contributed by atoms with Crippen LogP contribution in [0.2, 0.25) is 0 Å². The fourth-order valence-corrected chi connectivity index (χ4v) is 2.67. The van der Waals surface area contributed by atoms with E-state index in [1.807, 2.05) is 10.8 Å². The van der Waals surface area contributed by atoms with Crippen LogP contribution < -0.4 is 5.32 Å². The van der Waals surface area contributed by atoms with E-state index in [4.69, 9.17) is 4.74 Å². The Balaban J connectivity index is 1.77. The molecular formula is C16H23N5O2. The molecule has 0 bridgehead atoms. The lowest BCUT2D eigenvalue weighted by atomic mass is 9.86. The van der Waals surface area contributed by atoms with Gasteiger partial charge in [-0.15, -0.1) is 0 Å². The smallest absolute Gasteiger partial charge is 0.272 e. The maximum atomic E-state index is 12.7. The quantitative estimate of drug-likeness (QED) is 0.895. The van der Waals surface area contributed by atoms with E-state index in [9.17, 15) is 4.79 Å². The highest BCUT2D eigenvalue weighted by molar-refractivity contribution is 5.94. The summed E-state index contributed by atoms with van der Waals surface area (Å²) in [5, 5.41) is 10.3. The van der Waals surface area contributed by atoms with Crippen LogP contribution in [0.3, 0.4) is 0 Å². The van der Waals surface area contributed by atoms with Crippen LogP contribution in [0.15, 0.2) is 18.7 Å². The molecule has 0 spiro atoms. The van der Waals surface area contributed by atoms with Crippen LogP contribution >= 0.6 is 0 Å². The molecular weight excluding hydrogens is 294 g/mol. The van der Waals surface area contributed by atoms with Crippen molar-refractivity contribution in [2.24, 2.45) is 5.41 Å². The van der Waals surface area contributed by atoms with Crippen LogP contribution in [0, 0.1) is 5.41 Å². The molecule has 0 aliphatic carbocycles. The average Bonchev–Trinajstić information content (AvgIpc) is 3.14. The SMILES string of the molecule is CC(C)(C)[C@@H](Cn1ccnc1)NC(=O)c1n[nH]c2c1COCC2. The molecule has 1 amide bonds. The molecule has 124 valence electrons. The van der Waals surface area contributed by atoms with Gasteiger partial charge in [-0.1, -0.05) is 20.8 Å². The number of hydrogen-bond acceptors (Lipinski definition) is 4. The number of amides is 1. The largest absolute Gasteiger partial charge is 0.376 e. The fourth-order valence-electron chi connectivity index (χ4n) is 2.67. The summed E-state index contributed by atoms with van der Waals surface area (Å²) in [6, 6.07) is -0.0407. The van der Waals surface area contributed by atoms with Gasteiger partial charge >= 0.3 is 0 Å². The Morgan fingerprint density at radius 1 is 1.52 bits per heavy atom. The van der Waals surface area contributed by atoms with Crippen LogP contribution in [0.25, 0.3) is 0 Å². The number of aromatic amines is 1. The number of carbonyl (C=O) groups excluding carboxylic acids is 1. The molecule has 0 saturated heterocycles. The maximum Gasteiger partial charge on any atom is 0.272 e. The molecule has 0 unspecified atom stereocenters. The molecule has 3 rings (SSSR count). The lowest BCUT2D eigenvalue weighted by molar-refractivity contribution is 0.0869. The number of nitrogens with zero attached hydrogens (tertiary/aromatic N) is 3. The van der Waals surface area contributed by atoms with Crippen molar-refractivity contribution in [2.45, 2.75) is 46.4 Å². The molecule has 7 nitrogen and oxygen atoms in total. The lowest BCUT2D eigenvalue weighted by Crippen LogP contribution is -2.46. The predicted molar refractivity (Wildman–Crippen MR) is 84.9 cm³/mol. The van der Waals surface area contributed by atoms with Gasteiger partial charge in [0.05, 0.1) is 25.6 Å². The first-order valence-corrected chi connectivity index (χ1v) is 7.85. The first-order valence-electron chi connectivity index (χ1n) is 7.85. The van der Waals surface area contributed by atoms with E-state index in [1.54, 1.807) is 12.5 Å². The number of nitrogens with one attached hydrogen (secondary N) is 2. The highest BCUT2D eigenvalue weighted by Crippen LogP contribution is 2.23. The highest BCUT2D eigenvalue weighted by atomic mass is 16.5. The summed E-state index contributed by atoms with van der Waals surface area (Å²) >= 11 is 0. The second kappa shape index (κ2) is 6.16. The van der Waals surface area contributed by atoms with Crippen LogP contribution in [-0.4, -0.2) is 38.3 Å². The minimum atomic E-state index is -0.159. The van der Waals surface area contributed by atoms with Crippen molar-refractivity contribution < 1.29 is 9.53 Å². The summed E-state index contributed by atoms with van der Waals surface area (Å²) in [5.74, 6) is -0.159. The van der Waals surface area contributed by atoms with Crippen molar-refractivity contribution in [1.29, 1.82) is 0 Å². The van der Waals surface area contributed by atoms with Gasteiger partial charge in [-0.25, -0.2) is 4.98 Å². The van der Waals surface area contributed by atoms with E-state index < -0.39 is 0 Å². The molecule has 1 aliphatic heterocycles. The standard InChI is InChI=1S/C16H23N5O2/c1-16(2,3)13(8-21-6-5-17-10-21)18-15(22)14-11-9-23-7-4-12(11)19-20-14/h5-6,10,13H,4,7-9H2,1-3H3,(H,18,22)(H,19,20)/t13-/m1/s1. The Labute approximate surface area is 135 Å². The summed E-state index contributed by atoms with van der Waals surface area (Å²) in [4.78, 5) is 16.7. The van der Waals surface area contributed by atoms with Gasteiger partial charge in [0.2, 0.25) is 0 Å². The molecule has 3 heterocycles. The Morgan fingerprint density at radius 2 is 2.35 bits per heavy atom. The van der Waals surface area contributed by atoms with Crippen LogP contribution in [0.1, 0.15) is 42.5 Å². The molecule has 2 aromatic heterocycles. The lowest BCUT2D eigenvalue weighted by Gasteiger charge is -2.31. The van der Waals surface area contributed by atoms with Crippen molar-refractivity contribution in [3.8, 4) is 0 Å². The number of aromatic nitrogens is 4. The van der Waals surface area contributed by atoms with Gasteiger partial charge < -0.3 is 14.6 Å². The van der Waals surface area contributed by atoms with E-state index in [0.717, 1.165) is 17.7 Å². The van der Waals surface area contributed by atoms with E-state index in [0.29, 0.717) is 25.5 Å². The van der Waals surface area contributed by atoms with E-state index in [2.05, 4.69) is 41.3 Å². The molecule has 0 radical (unpaired) electrons. The summed E-state index contributed by atoms with van der Waals surface area (Å²) in [6.07, 6.45) is 6.17. The summed E-state index contributed by atoms with van der Waals surface area (Å²) in [7, 11) is 0. The van der Waals surface area contributed by atoms with E-state index in [1.165, 1.54) is 0 Å². The van der Waals surface area contributed by atoms with Gasteiger partial charge in [0.25, 0.3) is 5.91 Å². The second-order valence-corrected chi connectivity index (χ2v) is 6.98. The molecule has 0 aromatic carbocycles. The van der Waals surface area contributed by atoms with Gasteiger partial charge in [0.15, 0.2) is 5.69 Å². The van der Waals surface area contributed by atoms with Crippen LogP contribution in [0.5, 0.6) is 0 Å². The van der Waals surface area contributed by atoms with Crippen molar-refractivity contribution >= 4 is 5.91 Å². The minimum absolute atomic E-state index is 0.0407. The predicted octanol–water partition coefficient (Wildman–Crippen LogP) is 1.52. The minimum Gasteiger partial charge on any atom is -0.376 e. The number of carbonyl (C=O) groups is 1. The van der Waals surface area contributed by atoms with Crippen LogP contribution in [-0.2, 0) is 24.3 Å². The summed E-state index contributed by atoms with van der Waals surface area (Å²) in [6.45, 7) is 8.10. The summed E-state index contributed by atoms with van der Waals surface area (Å²) in [5.41, 5.74) is 2.24. The molecule has 2 aromatic rings. The average molecular weight is 317 g/mol. The Kier molecular flexibility index (Phi) is 4.21. The normalized spacial score (nSPS) is 16.0. The van der Waals surface area contributed by atoms with Gasteiger partial charge in [0.1, 0.15) is 0 Å². The number of ether oxygens (including phenoxy) is 1. The number of hydrogen-bond donors (Lipinski definition) is 2. The molecule has 7 heteroatoms. The van der Waals surface area contributed by atoms with Gasteiger partial charge in [-0.3, -0.25) is 9.89 Å². The molecule has 1 atom stereocenters. The first-order chi connectivity index (χ1) is 10.9. The highest BCUT2D eigenvalue weighted by Gasteiger charge is 2.29. The third-order valence-corrected chi connectivity index (χ3v) is 4.21. The Hall–Kier alpha value is -2.15. The zero-order valence-corrected chi connectivity index (χ0v) is 13.8. The Morgan fingerprint density at radius 3 is 3.04 bits per heavy atom. The molecule has 0 saturated carbocycles. The summed E-state index contributed by atoms with van der Waals surface area (Å²) < 4.78 is 7.42. The first kappa shape index (κ1) is 15.7.